The third-order valence-corrected chi connectivity index (χ3v) is 4.42. The van der Waals surface area contributed by atoms with E-state index in [1.165, 1.54) is 6.20 Å². The molecule has 4 N–H and O–H groups in total. The van der Waals surface area contributed by atoms with Crippen molar-refractivity contribution in [1.82, 2.24) is 10.3 Å². The van der Waals surface area contributed by atoms with Crippen LogP contribution in [0.5, 0.6) is 0 Å². The molecule has 3 aromatic rings. The van der Waals surface area contributed by atoms with Gasteiger partial charge in [0.05, 0.1) is 0 Å². The van der Waals surface area contributed by atoms with Gasteiger partial charge < -0.3 is 16.0 Å². The van der Waals surface area contributed by atoms with E-state index in [0.29, 0.717) is 16.5 Å². The molecule has 0 spiro atoms. The SMILES string of the molecule is NC(=O)c1cccc(CNC(=O)c2c[nH]c3ccc(I)cc3c2=O)c1. The van der Waals surface area contributed by atoms with Gasteiger partial charge in [-0.25, -0.2) is 0 Å². The maximum absolute atomic E-state index is 12.5. The highest BCUT2D eigenvalue weighted by atomic mass is 127. The van der Waals surface area contributed by atoms with Crippen LogP contribution in [-0.4, -0.2) is 16.8 Å². The highest BCUT2D eigenvalue weighted by molar-refractivity contribution is 14.1. The van der Waals surface area contributed by atoms with E-state index in [1.54, 1.807) is 36.4 Å². The summed E-state index contributed by atoms with van der Waals surface area (Å²) in [7, 11) is 0. The molecule has 3 rings (SSSR count). The summed E-state index contributed by atoms with van der Waals surface area (Å²) in [6, 6.07) is 12.1. The van der Waals surface area contributed by atoms with Gasteiger partial charge in [-0.3, -0.25) is 14.4 Å². The van der Waals surface area contributed by atoms with Crippen LogP contribution >= 0.6 is 22.6 Å². The van der Waals surface area contributed by atoms with Crippen molar-refractivity contribution in [2.45, 2.75) is 6.54 Å². The van der Waals surface area contributed by atoms with Gasteiger partial charge in [0.1, 0.15) is 5.56 Å². The molecule has 0 aliphatic heterocycles. The highest BCUT2D eigenvalue weighted by Crippen LogP contribution is 2.13. The molecule has 126 valence electrons. The van der Waals surface area contributed by atoms with Crippen LogP contribution in [-0.2, 0) is 6.54 Å². The van der Waals surface area contributed by atoms with Gasteiger partial charge in [0.15, 0.2) is 0 Å². The van der Waals surface area contributed by atoms with E-state index in [0.717, 1.165) is 9.13 Å². The molecule has 0 bridgehead atoms. The summed E-state index contributed by atoms with van der Waals surface area (Å²) in [6.45, 7) is 0.184. The summed E-state index contributed by atoms with van der Waals surface area (Å²) >= 11 is 2.12. The van der Waals surface area contributed by atoms with Crippen LogP contribution in [0.1, 0.15) is 26.3 Å². The molecule has 2 aromatic carbocycles. The second-order valence-corrected chi connectivity index (χ2v) is 6.71. The number of fused-ring (bicyclic) bond motifs is 1. The molecule has 0 aliphatic carbocycles. The molecule has 0 saturated heterocycles. The minimum atomic E-state index is -0.534. The second-order valence-electron chi connectivity index (χ2n) is 5.47. The van der Waals surface area contributed by atoms with Crippen molar-refractivity contribution >= 4 is 45.3 Å². The Bertz CT molecular complexity index is 1040. The van der Waals surface area contributed by atoms with E-state index in [4.69, 9.17) is 5.73 Å². The second kappa shape index (κ2) is 7.06. The Balaban J connectivity index is 1.83. The molecule has 2 amide bonds. The largest absolute Gasteiger partial charge is 0.366 e. The lowest BCUT2D eigenvalue weighted by molar-refractivity contribution is 0.0949. The number of aromatic nitrogens is 1. The molecule has 1 aromatic heterocycles. The highest BCUT2D eigenvalue weighted by Gasteiger charge is 2.13. The van der Waals surface area contributed by atoms with Gasteiger partial charge in [0.2, 0.25) is 11.3 Å². The smallest absolute Gasteiger partial charge is 0.257 e. The van der Waals surface area contributed by atoms with Crippen molar-refractivity contribution < 1.29 is 9.59 Å². The summed E-state index contributed by atoms with van der Waals surface area (Å²) < 4.78 is 0.913. The lowest BCUT2D eigenvalue weighted by atomic mass is 10.1. The first kappa shape index (κ1) is 17.2. The normalized spacial score (nSPS) is 10.6. The first-order chi connectivity index (χ1) is 12.0. The van der Waals surface area contributed by atoms with Crippen LogP contribution in [0.4, 0.5) is 0 Å². The molecule has 1 heterocycles. The van der Waals surface area contributed by atoms with Crippen LogP contribution in [0.15, 0.2) is 53.5 Å². The monoisotopic (exact) mass is 447 g/mol. The summed E-state index contributed by atoms with van der Waals surface area (Å²) in [4.78, 5) is 39.1. The van der Waals surface area contributed by atoms with Crippen LogP contribution in [0.2, 0.25) is 0 Å². The topological polar surface area (TPSA) is 105 Å². The van der Waals surface area contributed by atoms with Crippen molar-refractivity contribution in [3.05, 3.63) is 79.1 Å². The number of benzene rings is 2. The van der Waals surface area contributed by atoms with E-state index >= 15 is 0 Å². The molecular formula is C18H14IN3O3. The lowest BCUT2D eigenvalue weighted by Gasteiger charge is -2.07. The van der Waals surface area contributed by atoms with Crippen molar-refractivity contribution in [2.24, 2.45) is 5.73 Å². The predicted octanol–water partition coefficient (Wildman–Crippen LogP) is 2.16. The van der Waals surface area contributed by atoms with Gasteiger partial charge in [0.25, 0.3) is 5.91 Å². The van der Waals surface area contributed by atoms with Crippen LogP contribution in [0, 0.1) is 3.57 Å². The van der Waals surface area contributed by atoms with Gasteiger partial charge in [0, 0.05) is 32.8 Å². The first-order valence-corrected chi connectivity index (χ1v) is 8.51. The Morgan fingerprint density at radius 3 is 2.72 bits per heavy atom. The fraction of sp³-hybridized carbons (Fsp3) is 0.0556. The fourth-order valence-electron chi connectivity index (χ4n) is 2.47. The fourth-order valence-corrected chi connectivity index (χ4v) is 2.96. The zero-order valence-electron chi connectivity index (χ0n) is 13.0. The summed E-state index contributed by atoms with van der Waals surface area (Å²) in [5, 5.41) is 3.16. The van der Waals surface area contributed by atoms with Crippen molar-refractivity contribution in [2.75, 3.05) is 0 Å². The van der Waals surface area contributed by atoms with Crippen molar-refractivity contribution in [1.29, 1.82) is 0 Å². The Labute approximate surface area is 156 Å². The number of hydrogen-bond donors (Lipinski definition) is 3. The van der Waals surface area contributed by atoms with Crippen LogP contribution in [0.3, 0.4) is 0 Å². The third-order valence-electron chi connectivity index (χ3n) is 3.75. The minimum Gasteiger partial charge on any atom is -0.366 e. The van der Waals surface area contributed by atoms with Gasteiger partial charge in [-0.15, -0.1) is 0 Å². The molecule has 0 radical (unpaired) electrons. The summed E-state index contributed by atoms with van der Waals surface area (Å²) in [6.07, 6.45) is 1.41. The minimum absolute atomic E-state index is 0.0422. The number of carbonyl (C=O) groups is 2. The molecule has 0 aliphatic rings. The van der Waals surface area contributed by atoms with E-state index in [9.17, 15) is 14.4 Å². The number of carbonyl (C=O) groups excluding carboxylic acids is 2. The number of primary amides is 1. The molecule has 0 fully saturated rings. The van der Waals surface area contributed by atoms with Gasteiger partial charge in [-0.1, -0.05) is 12.1 Å². The zero-order valence-corrected chi connectivity index (χ0v) is 15.2. The number of nitrogens with two attached hydrogens (primary N) is 1. The van der Waals surface area contributed by atoms with Gasteiger partial charge >= 0.3 is 0 Å². The molecule has 0 saturated carbocycles. The van der Waals surface area contributed by atoms with E-state index in [2.05, 4.69) is 32.9 Å². The van der Waals surface area contributed by atoms with E-state index in [-0.39, 0.29) is 17.5 Å². The van der Waals surface area contributed by atoms with Crippen molar-refractivity contribution in [3.63, 3.8) is 0 Å². The number of aromatic amines is 1. The number of rotatable bonds is 4. The quantitative estimate of drug-likeness (QED) is 0.534. The maximum Gasteiger partial charge on any atom is 0.257 e. The summed E-state index contributed by atoms with van der Waals surface area (Å²) in [5.41, 5.74) is 6.72. The first-order valence-electron chi connectivity index (χ1n) is 7.43. The van der Waals surface area contributed by atoms with Gasteiger partial charge in [-0.2, -0.15) is 0 Å². The molecule has 6 nitrogen and oxygen atoms in total. The number of pyridine rings is 1. The standard InChI is InChI=1S/C18H14IN3O3/c19-12-4-5-15-13(7-12)16(23)14(9-21-15)18(25)22-8-10-2-1-3-11(6-10)17(20)24/h1-7,9H,8H2,(H2,20,24)(H,21,23)(H,22,25). The number of nitrogens with one attached hydrogen (secondary N) is 2. The molecule has 0 unspecified atom stereocenters. The van der Waals surface area contributed by atoms with Crippen molar-refractivity contribution in [3.8, 4) is 0 Å². The number of amides is 2. The Hall–Kier alpha value is -2.68. The molecular weight excluding hydrogens is 433 g/mol. The molecule has 0 atom stereocenters. The zero-order chi connectivity index (χ0) is 18.0. The number of H-pyrrole nitrogens is 1. The molecule has 25 heavy (non-hydrogen) atoms. The maximum atomic E-state index is 12.5. The number of hydrogen-bond acceptors (Lipinski definition) is 3. The van der Waals surface area contributed by atoms with Gasteiger partial charge in [-0.05, 0) is 58.5 Å². The molecule has 7 heteroatoms. The van der Waals surface area contributed by atoms with E-state index < -0.39 is 11.8 Å². The summed E-state index contributed by atoms with van der Waals surface area (Å²) in [5.74, 6) is -1.01. The number of halogens is 1. The third kappa shape index (κ3) is 3.71. The lowest BCUT2D eigenvalue weighted by Crippen LogP contribution is -2.28. The average molecular weight is 447 g/mol. The van der Waals surface area contributed by atoms with Crippen LogP contribution in [0.25, 0.3) is 10.9 Å². The average Bonchev–Trinajstić information content (AvgIpc) is 2.60. The van der Waals surface area contributed by atoms with Crippen LogP contribution < -0.4 is 16.5 Å². The Kier molecular flexibility index (Phi) is 4.84. The predicted molar refractivity (Wildman–Crippen MR) is 103 cm³/mol. The van der Waals surface area contributed by atoms with E-state index in [1.807, 2.05) is 6.07 Å². The Morgan fingerprint density at radius 1 is 1.16 bits per heavy atom. The Morgan fingerprint density at radius 2 is 1.96 bits per heavy atom.